The largest absolute Gasteiger partial charge is 0.507 e. The second-order valence-electron chi connectivity index (χ2n) is 5.02. The average molecular weight is 316 g/mol. The summed E-state index contributed by atoms with van der Waals surface area (Å²) in [6.45, 7) is 1.29. The molecule has 0 fully saturated rings. The lowest BCUT2D eigenvalue weighted by molar-refractivity contribution is 0.0997. The van der Waals surface area contributed by atoms with E-state index in [2.05, 4.69) is 5.32 Å². The minimum atomic E-state index is -0.711. The van der Waals surface area contributed by atoms with Crippen LogP contribution < -0.4 is 15.8 Å². The fourth-order valence-electron chi connectivity index (χ4n) is 2.08. The molecule has 1 atom stereocenters. The van der Waals surface area contributed by atoms with Gasteiger partial charge in [0.15, 0.2) is 0 Å². The number of benzene rings is 2. The topological polar surface area (TPSA) is 105 Å². The van der Waals surface area contributed by atoms with E-state index in [1.54, 1.807) is 6.07 Å². The summed E-state index contributed by atoms with van der Waals surface area (Å²) in [7, 11) is 0. The quantitative estimate of drug-likeness (QED) is 0.548. The van der Waals surface area contributed by atoms with Gasteiger partial charge in [-0.2, -0.15) is 0 Å². The lowest BCUT2D eigenvalue weighted by Gasteiger charge is -2.13. The van der Waals surface area contributed by atoms with Crippen LogP contribution in [0.25, 0.3) is 0 Å². The molecule has 2 rings (SSSR count). The van der Waals surface area contributed by atoms with Gasteiger partial charge in [-0.05, 0) is 23.8 Å². The number of nitrogens with one attached hydrogen (secondary N) is 1. The number of nitrogens with two attached hydrogens (primary N) is 1. The van der Waals surface area contributed by atoms with E-state index >= 15 is 0 Å². The Kier molecular flexibility index (Phi) is 5.96. The van der Waals surface area contributed by atoms with Crippen molar-refractivity contribution >= 4 is 5.91 Å². The number of aliphatic hydroxyl groups is 1. The summed E-state index contributed by atoms with van der Waals surface area (Å²) < 4.78 is 5.48. The van der Waals surface area contributed by atoms with E-state index < -0.39 is 12.0 Å². The summed E-state index contributed by atoms with van der Waals surface area (Å²) in [5, 5.41) is 22.6. The van der Waals surface area contributed by atoms with Crippen LogP contribution in [-0.2, 0) is 0 Å². The summed E-state index contributed by atoms with van der Waals surface area (Å²) >= 11 is 0. The highest BCUT2D eigenvalue weighted by atomic mass is 16.5. The normalized spacial score (nSPS) is 11.9. The van der Waals surface area contributed by atoms with Gasteiger partial charge in [-0.25, -0.2) is 0 Å². The zero-order valence-corrected chi connectivity index (χ0v) is 12.6. The lowest BCUT2D eigenvalue weighted by atomic mass is 10.1. The van der Waals surface area contributed by atoms with Crippen molar-refractivity contribution in [1.29, 1.82) is 0 Å². The molecule has 0 unspecified atom stereocenters. The molecule has 0 heterocycles. The molecule has 2 aromatic carbocycles. The second kappa shape index (κ2) is 8.17. The number of ether oxygens (including phenoxy) is 1. The van der Waals surface area contributed by atoms with Crippen LogP contribution >= 0.6 is 0 Å². The molecular weight excluding hydrogens is 296 g/mol. The van der Waals surface area contributed by atoms with Gasteiger partial charge in [-0.3, -0.25) is 4.79 Å². The van der Waals surface area contributed by atoms with Gasteiger partial charge in [-0.1, -0.05) is 30.3 Å². The number of amides is 1. The molecular formula is C17H20N2O4. The Morgan fingerprint density at radius 1 is 1.22 bits per heavy atom. The Balaban J connectivity index is 1.73. The smallest absolute Gasteiger partial charge is 0.252 e. The predicted molar refractivity (Wildman–Crippen MR) is 86.4 cm³/mol. The number of carbonyl (C=O) groups is 1. The highest BCUT2D eigenvalue weighted by Gasteiger charge is 2.09. The average Bonchev–Trinajstić information content (AvgIpc) is 2.56. The van der Waals surface area contributed by atoms with E-state index in [0.29, 0.717) is 25.4 Å². The minimum absolute atomic E-state index is 0.0231. The van der Waals surface area contributed by atoms with Gasteiger partial charge >= 0.3 is 0 Å². The number of aromatic hydroxyl groups is 1. The molecule has 0 aromatic heterocycles. The van der Waals surface area contributed by atoms with Crippen molar-refractivity contribution in [1.82, 2.24) is 5.32 Å². The number of aliphatic hydroxyl groups excluding tert-OH is 1. The van der Waals surface area contributed by atoms with Gasteiger partial charge in [0.05, 0.1) is 11.7 Å². The van der Waals surface area contributed by atoms with E-state index in [4.69, 9.17) is 10.5 Å². The first-order chi connectivity index (χ1) is 11.1. The number of primary amides is 1. The van der Waals surface area contributed by atoms with E-state index in [0.717, 1.165) is 5.56 Å². The van der Waals surface area contributed by atoms with Gasteiger partial charge in [0.1, 0.15) is 18.1 Å². The summed E-state index contributed by atoms with van der Waals surface area (Å²) in [6, 6.07) is 13.7. The maximum atomic E-state index is 11.1. The van der Waals surface area contributed by atoms with Crippen LogP contribution in [0.1, 0.15) is 22.0 Å². The third kappa shape index (κ3) is 4.98. The van der Waals surface area contributed by atoms with Crippen molar-refractivity contribution in [3.63, 3.8) is 0 Å². The molecule has 5 N–H and O–H groups in total. The molecule has 0 saturated heterocycles. The number of rotatable bonds is 8. The molecule has 0 spiro atoms. The van der Waals surface area contributed by atoms with Gasteiger partial charge in [0.2, 0.25) is 0 Å². The zero-order valence-electron chi connectivity index (χ0n) is 12.6. The molecule has 1 amide bonds. The van der Waals surface area contributed by atoms with Crippen LogP contribution in [0.2, 0.25) is 0 Å². The van der Waals surface area contributed by atoms with Crippen LogP contribution in [0.3, 0.4) is 0 Å². The Labute approximate surface area is 134 Å². The molecule has 122 valence electrons. The lowest BCUT2D eigenvalue weighted by Crippen LogP contribution is -2.26. The van der Waals surface area contributed by atoms with Crippen LogP contribution in [0.15, 0.2) is 48.5 Å². The van der Waals surface area contributed by atoms with Crippen LogP contribution in [0.5, 0.6) is 11.5 Å². The van der Waals surface area contributed by atoms with Gasteiger partial charge in [0, 0.05) is 13.1 Å². The van der Waals surface area contributed by atoms with Crippen LogP contribution in [0, 0.1) is 0 Å². The molecule has 23 heavy (non-hydrogen) atoms. The minimum Gasteiger partial charge on any atom is -0.507 e. The molecule has 2 aromatic rings. The summed E-state index contributed by atoms with van der Waals surface area (Å²) in [5.74, 6) is -0.437. The van der Waals surface area contributed by atoms with Gasteiger partial charge in [0.25, 0.3) is 5.91 Å². The number of carbonyl (C=O) groups excluding carboxylic acids is 1. The van der Waals surface area contributed by atoms with Crippen molar-refractivity contribution in [3.05, 3.63) is 59.7 Å². The SMILES string of the molecule is NC(=O)c1cc(OCCNC[C@@H](O)c2ccccc2)ccc1O. The van der Waals surface area contributed by atoms with E-state index in [1.807, 2.05) is 30.3 Å². The van der Waals surface area contributed by atoms with Crippen molar-refractivity contribution < 1.29 is 19.7 Å². The zero-order chi connectivity index (χ0) is 16.7. The highest BCUT2D eigenvalue weighted by Crippen LogP contribution is 2.22. The van der Waals surface area contributed by atoms with Crippen molar-refractivity contribution in [3.8, 4) is 11.5 Å². The predicted octanol–water partition coefficient (Wildman–Crippen LogP) is 1.19. The first kappa shape index (κ1) is 16.8. The molecule has 6 nitrogen and oxygen atoms in total. The second-order valence-corrected chi connectivity index (χ2v) is 5.02. The van der Waals surface area contributed by atoms with Crippen molar-refractivity contribution in [2.45, 2.75) is 6.10 Å². The molecule has 0 saturated carbocycles. The van der Waals surface area contributed by atoms with Crippen molar-refractivity contribution in [2.75, 3.05) is 19.7 Å². The molecule has 0 radical (unpaired) electrons. The van der Waals surface area contributed by atoms with Crippen LogP contribution in [-0.4, -0.2) is 35.8 Å². The Bertz CT molecular complexity index is 646. The summed E-state index contributed by atoms with van der Waals surface area (Å²) in [4.78, 5) is 11.1. The molecule has 0 aliphatic rings. The molecule has 0 aliphatic heterocycles. The Morgan fingerprint density at radius 3 is 2.65 bits per heavy atom. The number of hydrogen-bond donors (Lipinski definition) is 4. The van der Waals surface area contributed by atoms with Crippen LogP contribution in [0.4, 0.5) is 0 Å². The highest BCUT2D eigenvalue weighted by molar-refractivity contribution is 5.95. The Hall–Kier alpha value is -2.57. The number of hydrogen-bond acceptors (Lipinski definition) is 5. The first-order valence-electron chi connectivity index (χ1n) is 7.27. The maximum absolute atomic E-state index is 11.1. The monoisotopic (exact) mass is 316 g/mol. The Morgan fingerprint density at radius 2 is 1.96 bits per heavy atom. The van der Waals surface area contributed by atoms with E-state index in [9.17, 15) is 15.0 Å². The maximum Gasteiger partial charge on any atom is 0.252 e. The molecule has 0 bridgehead atoms. The fraction of sp³-hybridized carbons (Fsp3) is 0.235. The van der Waals surface area contributed by atoms with Gasteiger partial charge < -0.3 is 26.0 Å². The van der Waals surface area contributed by atoms with E-state index in [1.165, 1.54) is 12.1 Å². The summed E-state index contributed by atoms with van der Waals surface area (Å²) in [6.07, 6.45) is -0.577. The molecule has 0 aliphatic carbocycles. The fourth-order valence-corrected chi connectivity index (χ4v) is 2.08. The standard InChI is InChI=1S/C17H20N2O4/c18-17(22)14-10-13(6-7-15(14)20)23-9-8-19-11-16(21)12-4-2-1-3-5-12/h1-7,10,16,19-21H,8-9,11H2,(H2,18,22)/t16-/m1/s1. The first-order valence-corrected chi connectivity index (χ1v) is 7.27. The third-order valence-corrected chi connectivity index (χ3v) is 3.30. The van der Waals surface area contributed by atoms with Crippen molar-refractivity contribution in [2.24, 2.45) is 5.73 Å². The van der Waals surface area contributed by atoms with Gasteiger partial charge in [-0.15, -0.1) is 0 Å². The van der Waals surface area contributed by atoms with E-state index in [-0.39, 0.29) is 11.3 Å². The summed E-state index contributed by atoms with van der Waals surface area (Å²) in [5.41, 5.74) is 6.03. The molecule has 6 heteroatoms. The third-order valence-electron chi connectivity index (χ3n) is 3.30. The number of phenols is 1.